The summed E-state index contributed by atoms with van der Waals surface area (Å²) >= 11 is 5.71. The molecule has 0 spiro atoms. The molecule has 4 heterocycles. The van der Waals surface area contributed by atoms with E-state index in [4.69, 9.17) is 11.6 Å². The lowest BCUT2D eigenvalue weighted by Gasteiger charge is -2.61. The summed E-state index contributed by atoms with van der Waals surface area (Å²) in [6.07, 6.45) is -2.24. The zero-order valence-corrected chi connectivity index (χ0v) is 14.2. The summed E-state index contributed by atoms with van der Waals surface area (Å²) in [5.41, 5.74) is 0.152. The van der Waals surface area contributed by atoms with Gasteiger partial charge in [0.1, 0.15) is 11.2 Å². The van der Waals surface area contributed by atoms with Crippen molar-refractivity contribution in [2.24, 2.45) is 0 Å². The molecular weight excluding hydrogens is 327 g/mol. The maximum Gasteiger partial charge on any atom is 0.408 e. The number of nitrogens with zero attached hydrogens (tertiary/aromatic N) is 3. The Morgan fingerprint density at radius 1 is 1.17 bits per heavy atom. The Hall–Kier alpha value is -0.850. The Morgan fingerprint density at radius 2 is 1.78 bits per heavy atom. The van der Waals surface area contributed by atoms with Crippen LogP contribution in [0.5, 0.6) is 0 Å². The molecule has 0 aromatic carbocycles. The first-order valence-corrected chi connectivity index (χ1v) is 8.16. The summed E-state index contributed by atoms with van der Waals surface area (Å²) in [6, 6.07) is 1.14. The fraction of sp³-hybridized carbons (Fsp3) is 0.688. The first-order chi connectivity index (χ1) is 10.6. The zero-order valence-electron chi connectivity index (χ0n) is 13.4. The average molecular weight is 348 g/mol. The highest BCUT2D eigenvalue weighted by Crippen LogP contribution is 2.47. The van der Waals surface area contributed by atoms with Gasteiger partial charge in [0.2, 0.25) is 0 Å². The molecule has 2 bridgehead atoms. The molecule has 0 radical (unpaired) electrons. The van der Waals surface area contributed by atoms with Gasteiger partial charge in [-0.3, -0.25) is 9.80 Å². The van der Waals surface area contributed by atoms with Gasteiger partial charge in [0.25, 0.3) is 0 Å². The fourth-order valence-electron chi connectivity index (χ4n) is 3.69. The van der Waals surface area contributed by atoms with Crippen molar-refractivity contribution in [3.63, 3.8) is 0 Å². The SMILES string of the molecule is CC(C)(C)N1CC2CC(C1)N2C(c1ccc(Cl)nc1)C(F)(F)F. The van der Waals surface area contributed by atoms with Crippen molar-refractivity contribution in [2.75, 3.05) is 13.1 Å². The van der Waals surface area contributed by atoms with Crippen molar-refractivity contribution in [3.05, 3.63) is 29.0 Å². The topological polar surface area (TPSA) is 19.4 Å². The van der Waals surface area contributed by atoms with E-state index < -0.39 is 12.2 Å². The molecule has 1 aromatic heterocycles. The summed E-state index contributed by atoms with van der Waals surface area (Å²) in [7, 11) is 0. The molecule has 3 aliphatic rings. The van der Waals surface area contributed by atoms with Gasteiger partial charge in [-0.1, -0.05) is 17.7 Å². The summed E-state index contributed by atoms with van der Waals surface area (Å²) in [5, 5.41) is 0.206. The third kappa shape index (κ3) is 3.21. The first kappa shape index (κ1) is 17.0. The van der Waals surface area contributed by atoms with Crippen molar-refractivity contribution >= 4 is 11.6 Å². The van der Waals surface area contributed by atoms with Crippen LogP contribution >= 0.6 is 11.6 Å². The average Bonchev–Trinajstić information content (AvgIpc) is 2.43. The number of hydrogen-bond donors (Lipinski definition) is 0. The summed E-state index contributed by atoms with van der Waals surface area (Å²) in [6.45, 7) is 7.66. The number of aromatic nitrogens is 1. The van der Waals surface area contributed by atoms with Crippen LogP contribution in [-0.4, -0.2) is 51.7 Å². The van der Waals surface area contributed by atoms with Crippen molar-refractivity contribution in [3.8, 4) is 0 Å². The quantitative estimate of drug-likeness (QED) is 0.756. The van der Waals surface area contributed by atoms with Crippen LogP contribution in [0.1, 0.15) is 38.8 Å². The van der Waals surface area contributed by atoms with E-state index in [9.17, 15) is 13.2 Å². The molecule has 0 saturated carbocycles. The molecule has 7 heteroatoms. The van der Waals surface area contributed by atoms with E-state index in [2.05, 4.69) is 30.7 Å². The monoisotopic (exact) mass is 347 g/mol. The van der Waals surface area contributed by atoms with Gasteiger partial charge >= 0.3 is 6.18 Å². The van der Waals surface area contributed by atoms with Gasteiger partial charge in [-0.25, -0.2) is 4.98 Å². The predicted octanol–water partition coefficient (Wildman–Crippen LogP) is 3.90. The molecular formula is C16H21ClF3N3. The molecule has 0 N–H and O–H groups in total. The molecule has 128 valence electrons. The van der Waals surface area contributed by atoms with Gasteiger partial charge in [0.05, 0.1) is 0 Å². The highest BCUT2D eigenvalue weighted by atomic mass is 35.5. The van der Waals surface area contributed by atoms with Gasteiger partial charge in [0.15, 0.2) is 0 Å². The Kier molecular flexibility index (Phi) is 4.14. The number of piperidine rings is 1. The van der Waals surface area contributed by atoms with Gasteiger partial charge in [0, 0.05) is 36.9 Å². The zero-order chi connectivity index (χ0) is 17.0. The molecule has 3 fully saturated rings. The Morgan fingerprint density at radius 3 is 2.22 bits per heavy atom. The van der Waals surface area contributed by atoms with Crippen LogP contribution in [0.3, 0.4) is 0 Å². The second-order valence-corrected chi connectivity index (χ2v) is 7.81. The van der Waals surface area contributed by atoms with E-state index in [0.717, 1.165) is 6.42 Å². The summed E-state index contributed by atoms with van der Waals surface area (Å²) in [4.78, 5) is 7.72. The third-order valence-corrected chi connectivity index (χ3v) is 5.10. The molecule has 3 aliphatic heterocycles. The number of halogens is 4. The number of fused-ring (bicyclic) bond motifs is 2. The van der Waals surface area contributed by atoms with Gasteiger partial charge in [-0.2, -0.15) is 13.2 Å². The number of piperazine rings is 1. The minimum absolute atomic E-state index is 0.0153. The van der Waals surface area contributed by atoms with Crippen molar-refractivity contribution < 1.29 is 13.2 Å². The van der Waals surface area contributed by atoms with E-state index in [-0.39, 0.29) is 28.3 Å². The van der Waals surface area contributed by atoms with E-state index >= 15 is 0 Å². The molecule has 23 heavy (non-hydrogen) atoms. The van der Waals surface area contributed by atoms with Crippen LogP contribution in [0, 0.1) is 0 Å². The number of rotatable bonds is 2. The molecule has 0 amide bonds. The lowest BCUT2D eigenvalue weighted by atomic mass is 9.82. The van der Waals surface area contributed by atoms with E-state index in [1.165, 1.54) is 18.3 Å². The van der Waals surface area contributed by atoms with E-state index in [0.29, 0.717) is 13.1 Å². The number of hydrogen-bond acceptors (Lipinski definition) is 3. The first-order valence-electron chi connectivity index (χ1n) is 7.78. The van der Waals surface area contributed by atoms with Crippen LogP contribution < -0.4 is 0 Å². The maximum absolute atomic E-state index is 13.7. The van der Waals surface area contributed by atoms with Crippen LogP contribution in [0.15, 0.2) is 18.3 Å². The number of alkyl halides is 3. The second-order valence-electron chi connectivity index (χ2n) is 7.42. The Balaban J connectivity index is 1.85. The van der Waals surface area contributed by atoms with Crippen molar-refractivity contribution in [2.45, 2.75) is 57.0 Å². The lowest BCUT2D eigenvalue weighted by molar-refractivity contribution is -0.235. The standard InChI is InChI=1S/C16H21ClF3N3/c1-15(2,3)22-8-11-6-12(9-22)23(11)14(16(18,19)20)10-4-5-13(17)21-7-10/h4-5,7,11-12,14H,6,8-9H2,1-3H3. The van der Waals surface area contributed by atoms with Crippen LogP contribution in [0.25, 0.3) is 0 Å². The predicted molar refractivity (Wildman–Crippen MR) is 83.4 cm³/mol. The van der Waals surface area contributed by atoms with Crippen molar-refractivity contribution in [1.82, 2.24) is 14.8 Å². The van der Waals surface area contributed by atoms with E-state index in [1.807, 2.05) is 0 Å². The second kappa shape index (κ2) is 5.60. The summed E-state index contributed by atoms with van der Waals surface area (Å²) < 4.78 is 41.1. The largest absolute Gasteiger partial charge is 0.408 e. The fourth-order valence-corrected chi connectivity index (χ4v) is 3.80. The minimum atomic E-state index is -4.32. The molecule has 3 atom stereocenters. The van der Waals surface area contributed by atoms with Gasteiger partial charge in [-0.05, 0) is 38.8 Å². The van der Waals surface area contributed by atoms with Gasteiger partial charge in [-0.15, -0.1) is 0 Å². The van der Waals surface area contributed by atoms with E-state index in [1.54, 1.807) is 4.90 Å². The number of pyridine rings is 1. The minimum Gasteiger partial charge on any atom is -0.295 e. The molecule has 3 saturated heterocycles. The molecule has 3 unspecified atom stereocenters. The third-order valence-electron chi connectivity index (χ3n) is 4.87. The summed E-state index contributed by atoms with van der Waals surface area (Å²) in [5.74, 6) is 0. The van der Waals surface area contributed by atoms with Gasteiger partial charge < -0.3 is 0 Å². The molecule has 0 aliphatic carbocycles. The van der Waals surface area contributed by atoms with Crippen LogP contribution in [0.2, 0.25) is 5.15 Å². The maximum atomic E-state index is 13.7. The normalized spacial score (nSPS) is 27.6. The Bertz CT molecular complexity index is 555. The lowest BCUT2D eigenvalue weighted by Crippen LogP contribution is -2.72. The molecule has 3 nitrogen and oxygen atoms in total. The smallest absolute Gasteiger partial charge is 0.295 e. The Labute approximate surface area is 139 Å². The highest BCUT2D eigenvalue weighted by molar-refractivity contribution is 6.29. The molecule has 4 rings (SSSR count). The highest BCUT2D eigenvalue weighted by Gasteiger charge is 2.56. The van der Waals surface area contributed by atoms with Crippen LogP contribution in [-0.2, 0) is 0 Å². The molecule has 1 aromatic rings. The van der Waals surface area contributed by atoms with Crippen LogP contribution in [0.4, 0.5) is 13.2 Å². The van der Waals surface area contributed by atoms with Crippen molar-refractivity contribution in [1.29, 1.82) is 0 Å².